The molecule has 0 aliphatic heterocycles. The van der Waals surface area contributed by atoms with E-state index < -0.39 is 0 Å². The number of hydrogen-bond donors (Lipinski definition) is 1. The van der Waals surface area contributed by atoms with Crippen LogP contribution in [0.2, 0.25) is 0 Å². The molecule has 2 fully saturated rings. The second kappa shape index (κ2) is 9.93. The minimum absolute atomic E-state index is 0.0102. The van der Waals surface area contributed by atoms with Crippen molar-refractivity contribution in [3.63, 3.8) is 0 Å². The zero-order valence-corrected chi connectivity index (χ0v) is 22.5. The van der Waals surface area contributed by atoms with Crippen LogP contribution in [0.1, 0.15) is 56.9 Å². The number of carbonyl (C=O) groups excluding carboxylic acids is 2. The maximum absolute atomic E-state index is 13.9. The van der Waals surface area contributed by atoms with Gasteiger partial charge < -0.3 is 14.8 Å². The van der Waals surface area contributed by atoms with Crippen LogP contribution < -0.4 is 10.1 Å². The van der Waals surface area contributed by atoms with Gasteiger partial charge in [-0.25, -0.2) is 4.39 Å². The lowest BCUT2D eigenvalue weighted by molar-refractivity contribution is -0.159. The summed E-state index contributed by atoms with van der Waals surface area (Å²) >= 11 is 1.66. The first-order valence-corrected chi connectivity index (χ1v) is 13.4. The summed E-state index contributed by atoms with van der Waals surface area (Å²) in [5.74, 6) is 0.0395. The largest absolute Gasteiger partial charge is 0.497 e. The fraction of sp³-hybridized carbons (Fsp3) is 0.400. The fourth-order valence-electron chi connectivity index (χ4n) is 6.10. The number of aryl methyl sites for hydroxylation is 2. The van der Waals surface area contributed by atoms with Gasteiger partial charge in [0.05, 0.1) is 25.7 Å². The molecule has 0 unspecified atom stereocenters. The van der Waals surface area contributed by atoms with E-state index >= 15 is 0 Å². The quantitative estimate of drug-likeness (QED) is 0.374. The van der Waals surface area contributed by atoms with Gasteiger partial charge in [-0.2, -0.15) is 0 Å². The van der Waals surface area contributed by atoms with Gasteiger partial charge >= 0.3 is 5.97 Å². The average molecular weight is 522 g/mol. The minimum atomic E-state index is -0.337. The van der Waals surface area contributed by atoms with E-state index in [0.717, 1.165) is 63.3 Å². The normalized spacial score (nSPS) is 22.2. The van der Waals surface area contributed by atoms with Crippen molar-refractivity contribution in [2.24, 2.45) is 11.3 Å². The van der Waals surface area contributed by atoms with E-state index in [1.807, 2.05) is 37.3 Å². The number of amides is 1. The van der Waals surface area contributed by atoms with Gasteiger partial charge in [0.2, 0.25) is 0 Å². The molecule has 37 heavy (non-hydrogen) atoms. The Morgan fingerprint density at radius 3 is 2.35 bits per heavy atom. The van der Waals surface area contributed by atoms with Crippen LogP contribution in [-0.4, -0.2) is 32.1 Å². The van der Waals surface area contributed by atoms with E-state index in [2.05, 4.69) is 12.2 Å². The van der Waals surface area contributed by atoms with Gasteiger partial charge in [-0.05, 0) is 85.8 Å². The first-order valence-electron chi connectivity index (χ1n) is 12.6. The highest BCUT2D eigenvalue weighted by Gasteiger charge is 2.55. The Hall–Kier alpha value is -3.19. The molecule has 5 rings (SSSR count). The Morgan fingerprint density at radius 1 is 1.00 bits per heavy atom. The molecule has 0 radical (unpaired) electrons. The summed E-state index contributed by atoms with van der Waals surface area (Å²) in [6, 6.07) is 12.8. The van der Waals surface area contributed by atoms with Crippen LogP contribution in [0, 0.1) is 31.0 Å². The van der Waals surface area contributed by atoms with Gasteiger partial charge in [0.15, 0.2) is 0 Å². The van der Waals surface area contributed by atoms with Gasteiger partial charge in [0, 0.05) is 21.9 Å². The van der Waals surface area contributed by atoms with Gasteiger partial charge in [-0.1, -0.05) is 24.3 Å². The molecular weight excluding hydrogens is 489 g/mol. The summed E-state index contributed by atoms with van der Waals surface area (Å²) < 4.78 is 24.0. The number of halogens is 1. The van der Waals surface area contributed by atoms with Crippen molar-refractivity contribution in [3.8, 4) is 16.9 Å². The van der Waals surface area contributed by atoms with Gasteiger partial charge in [-0.15, -0.1) is 11.3 Å². The highest BCUT2D eigenvalue weighted by Crippen LogP contribution is 2.59. The topological polar surface area (TPSA) is 64.6 Å². The number of carbonyl (C=O) groups is 2. The summed E-state index contributed by atoms with van der Waals surface area (Å²) in [6.07, 6.45) is 4.24. The second-order valence-corrected chi connectivity index (χ2v) is 12.0. The molecule has 7 heteroatoms. The van der Waals surface area contributed by atoms with Gasteiger partial charge in [-0.3, -0.25) is 9.59 Å². The summed E-state index contributed by atoms with van der Waals surface area (Å²) in [5, 5.41) is 3.25. The SMILES string of the molecule is COC(=O)C1CC2(CC(NC(=O)c3c(C)sc(C)c3Cc3ccc(-c4cc(F)cc(OC)c4)cc3)C2)C1. The molecule has 1 N–H and O–H groups in total. The van der Waals surface area contributed by atoms with E-state index in [1.54, 1.807) is 11.3 Å². The first kappa shape index (κ1) is 25.5. The molecule has 194 valence electrons. The van der Waals surface area contributed by atoms with Crippen LogP contribution in [0.3, 0.4) is 0 Å². The van der Waals surface area contributed by atoms with E-state index in [9.17, 15) is 14.0 Å². The Kier molecular flexibility index (Phi) is 6.84. The minimum Gasteiger partial charge on any atom is -0.497 e. The summed E-state index contributed by atoms with van der Waals surface area (Å²) in [4.78, 5) is 27.2. The molecule has 2 aliphatic carbocycles. The highest BCUT2D eigenvalue weighted by atomic mass is 32.1. The molecule has 1 spiro atoms. The monoisotopic (exact) mass is 521 g/mol. The van der Waals surface area contributed by atoms with E-state index in [-0.39, 0.29) is 35.1 Å². The molecule has 1 aromatic heterocycles. The number of rotatable bonds is 7. The standard InChI is InChI=1S/C30H32FNO4S/c1-17-26(9-19-5-7-20(8-6-19)21-10-23(31)12-25(11-21)35-3)27(18(2)37-17)28(33)32-24-15-30(16-24)13-22(14-30)29(34)36-4/h5-8,10-12,22,24H,9,13-16H2,1-4H3,(H,32,33). The third-order valence-corrected chi connectivity index (χ3v) is 9.04. The molecule has 1 amide bonds. The summed E-state index contributed by atoms with van der Waals surface area (Å²) in [5.41, 5.74) is 4.79. The molecule has 1 heterocycles. The zero-order valence-electron chi connectivity index (χ0n) is 21.7. The van der Waals surface area contributed by atoms with Gasteiger partial charge in [0.25, 0.3) is 5.91 Å². The average Bonchev–Trinajstić information content (AvgIpc) is 3.11. The van der Waals surface area contributed by atoms with Crippen LogP contribution in [0.25, 0.3) is 11.1 Å². The van der Waals surface area contributed by atoms with Crippen LogP contribution in [0.4, 0.5) is 4.39 Å². The van der Waals surface area contributed by atoms with E-state index in [4.69, 9.17) is 9.47 Å². The smallest absolute Gasteiger partial charge is 0.308 e. The van der Waals surface area contributed by atoms with Crippen molar-refractivity contribution < 1.29 is 23.5 Å². The van der Waals surface area contributed by atoms with E-state index in [0.29, 0.717) is 12.2 Å². The van der Waals surface area contributed by atoms with Crippen molar-refractivity contribution in [2.75, 3.05) is 14.2 Å². The molecule has 2 aliphatic rings. The van der Waals surface area contributed by atoms with Crippen molar-refractivity contribution in [3.05, 3.63) is 74.7 Å². The number of thiophene rings is 1. The van der Waals surface area contributed by atoms with E-state index in [1.165, 1.54) is 26.4 Å². The molecule has 3 aromatic rings. The van der Waals surface area contributed by atoms with Crippen LogP contribution in [-0.2, 0) is 16.0 Å². The predicted octanol–water partition coefficient (Wildman–Crippen LogP) is 6.23. The number of benzene rings is 2. The molecule has 0 atom stereocenters. The Bertz CT molecular complexity index is 1330. The molecule has 5 nitrogen and oxygen atoms in total. The second-order valence-electron chi connectivity index (χ2n) is 10.5. The predicted molar refractivity (Wildman–Crippen MR) is 143 cm³/mol. The number of hydrogen-bond acceptors (Lipinski definition) is 5. The molecule has 2 aromatic carbocycles. The fourth-order valence-corrected chi connectivity index (χ4v) is 7.18. The lowest BCUT2D eigenvalue weighted by Crippen LogP contribution is -2.57. The molecule has 0 saturated heterocycles. The maximum Gasteiger partial charge on any atom is 0.308 e. The third kappa shape index (κ3) is 5.01. The third-order valence-electron chi connectivity index (χ3n) is 7.97. The lowest BCUT2D eigenvalue weighted by Gasteiger charge is -2.56. The lowest BCUT2D eigenvalue weighted by atomic mass is 9.50. The molecule has 2 saturated carbocycles. The van der Waals surface area contributed by atoms with Crippen molar-refractivity contribution in [1.82, 2.24) is 5.32 Å². The molecule has 0 bridgehead atoms. The van der Waals surface area contributed by atoms with Crippen LogP contribution in [0.15, 0.2) is 42.5 Å². The summed E-state index contributed by atoms with van der Waals surface area (Å²) in [7, 11) is 2.97. The first-order chi connectivity index (χ1) is 17.7. The van der Waals surface area contributed by atoms with Crippen LogP contribution in [0.5, 0.6) is 5.75 Å². The Morgan fingerprint density at radius 2 is 1.70 bits per heavy atom. The van der Waals surface area contributed by atoms with Crippen LogP contribution >= 0.6 is 11.3 Å². The number of methoxy groups -OCH3 is 2. The van der Waals surface area contributed by atoms with Gasteiger partial charge in [0.1, 0.15) is 11.6 Å². The van der Waals surface area contributed by atoms with Crippen molar-refractivity contribution in [1.29, 1.82) is 0 Å². The Balaban J connectivity index is 1.25. The number of esters is 1. The maximum atomic E-state index is 13.9. The highest BCUT2D eigenvalue weighted by molar-refractivity contribution is 7.12. The molecular formula is C30H32FNO4S. The van der Waals surface area contributed by atoms with Crippen molar-refractivity contribution in [2.45, 2.75) is 52.0 Å². The van der Waals surface area contributed by atoms with Crippen molar-refractivity contribution >= 4 is 23.2 Å². The number of ether oxygens (including phenoxy) is 2. The number of nitrogens with one attached hydrogen (secondary N) is 1. The zero-order chi connectivity index (χ0) is 26.3. The summed E-state index contributed by atoms with van der Waals surface area (Å²) in [6.45, 7) is 4.07. The Labute approximate surface area is 221 Å².